The van der Waals surface area contributed by atoms with Crippen molar-refractivity contribution in [1.82, 2.24) is 0 Å². The third-order valence-corrected chi connectivity index (χ3v) is 5.74. The Morgan fingerprint density at radius 1 is 1.52 bits per heavy atom. The van der Waals surface area contributed by atoms with Crippen molar-refractivity contribution in [2.45, 2.75) is 63.6 Å². The average molecular weight is 378 g/mol. The maximum absolute atomic E-state index is 12.4. The van der Waals surface area contributed by atoms with Crippen LogP contribution in [0.15, 0.2) is 35.5 Å². The summed E-state index contributed by atoms with van der Waals surface area (Å²) in [5.74, 6) is -1.66. The number of rotatable bonds is 3. The van der Waals surface area contributed by atoms with Gasteiger partial charge in [-0.1, -0.05) is 12.7 Å². The standard InChI is InChI=1S/C20H26O7/c1-5-10(2)18(23)26-15-8-20(4)16(27-20)7-13(22)12(9-21)6-14-17(15)11(3)19(24)25-14/h5-6,13-17,21-22H,3,7-9H2,1-2,4H3/b10-5-,12-6-. The fourth-order valence-electron chi connectivity index (χ4n) is 3.77. The lowest BCUT2D eigenvalue weighted by Crippen LogP contribution is -2.38. The Kier molecular flexibility index (Phi) is 5.29. The van der Waals surface area contributed by atoms with Crippen LogP contribution in [0.3, 0.4) is 0 Å². The predicted molar refractivity (Wildman–Crippen MR) is 95.5 cm³/mol. The summed E-state index contributed by atoms with van der Waals surface area (Å²) < 4.78 is 16.9. The molecule has 0 aromatic heterocycles. The molecular weight excluding hydrogens is 352 g/mol. The van der Waals surface area contributed by atoms with Crippen molar-refractivity contribution >= 4 is 11.9 Å². The van der Waals surface area contributed by atoms with E-state index in [1.54, 1.807) is 26.0 Å². The second-order valence-corrected chi connectivity index (χ2v) is 7.61. The lowest BCUT2D eigenvalue weighted by molar-refractivity contribution is -0.148. The van der Waals surface area contributed by atoms with Crippen LogP contribution in [0.2, 0.25) is 0 Å². The summed E-state index contributed by atoms with van der Waals surface area (Å²) in [5.41, 5.74) is 0.423. The lowest BCUT2D eigenvalue weighted by atomic mass is 9.82. The van der Waals surface area contributed by atoms with Crippen LogP contribution in [0, 0.1) is 5.92 Å². The van der Waals surface area contributed by atoms with E-state index in [1.165, 1.54) is 0 Å². The molecule has 0 spiro atoms. The molecule has 2 N–H and O–H groups in total. The summed E-state index contributed by atoms with van der Waals surface area (Å²) in [7, 11) is 0. The molecule has 1 aliphatic carbocycles. The van der Waals surface area contributed by atoms with Gasteiger partial charge in [0.25, 0.3) is 0 Å². The Morgan fingerprint density at radius 2 is 2.22 bits per heavy atom. The Labute approximate surface area is 158 Å². The third kappa shape index (κ3) is 3.72. The van der Waals surface area contributed by atoms with Crippen molar-refractivity contribution in [3.05, 3.63) is 35.5 Å². The van der Waals surface area contributed by atoms with Crippen LogP contribution in [-0.4, -0.2) is 58.8 Å². The van der Waals surface area contributed by atoms with Crippen molar-refractivity contribution in [3.63, 3.8) is 0 Å². The van der Waals surface area contributed by atoms with Crippen LogP contribution in [0.4, 0.5) is 0 Å². The van der Waals surface area contributed by atoms with E-state index < -0.39 is 41.8 Å². The Hall–Kier alpha value is -1.96. The second-order valence-electron chi connectivity index (χ2n) is 7.61. The highest BCUT2D eigenvalue weighted by Crippen LogP contribution is 2.47. The summed E-state index contributed by atoms with van der Waals surface area (Å²) in [4.78, 5) is 24.5. The van der Waals surface area contributed by atoms with Gasteiger partial charge in [0.2, 0.25) is 0 Å². The molecule has 0 bridgehead atoms. The molecule has 2 fully saturated rings. The van der Waals surface area contributed by atoms with E-state index in [2.05, 4.69) is 6.58 Å². The zero-order valence-electron chi connectivity index (χ0n) is 15.8. The predicted octanol–water partition coefficient (Wildman–Crippen LogP) is 1.19. The molecule has 7 nitrogen and oxygen atoms in total. The number of ether oxygens (including phenoxy) is 3. The van der Waals surface area contributed by atoms with E-state index in [9.17, 15) is 19.8 Å². The number of carbonyl (C=O) groups is 2. The molecule has 2 aliphatic heterocycles. The highest BCUT2D eigenvalue weighted by Gasteiger charge is 2.57. The van der Waals surface area contributed by atoms with Crippen LogP contribution < -0.4 is 0 Å². The minimum Gasteiger partial charge on any atom is -0.458 e. The Bertz CT molecular complexity index is 722. The van der Waals surface area contributed by atoms with Crippen molar-refractivity contribution in [2.24, 2.45) is 5.92 Å². The zero-order chi connectivity index (χ0) is 19.9. The molecule has 0 radical (unpaired) electrons. The van der Waals surface area contributed by atoms with Gasteiger partial charge in [0.15, 0.2) is 0 Å². The maximum Gasteiger partial charge on any atom is 0.334 e. The van der Waals surface area contributed by atoms with E-state index >= 15 is 0 Å². The number of hydrogen-bond donors (Lipinski definition) is 2. The molecule has 3 rings (SSSR count). The van der Waals surface area contributed by atoms with Gasteiger partial charge in [-0.25, -0.2) is 9.59 Å². The van der Waals surface area contributed by atoms with Crippen LogP contribution in [0.25, 0.3) is 0 Å². The smallest absolute Gasteiger partial charge is 0.334 e. The summed E-state index contributed by atoms with van der Waals surface area (Å²) in [6.45, 7) is 8.73. The summed E-state index contributed by atoms with van der Waals surface area (Å²) >= 11 is 0. The number of aliphatic hydroxyl groups is 2. The number of aliphatic hydroxyl groups excluding tert-OH is 2. The highest BCUT2D eigenvalue weighted by molar-refractivity contribution is 5.92. The molecule has 0 aromatic carbocycles. The maximum atomic E-state index is 12.4. The molecule has 6 unspecified atom stereocenters. The molecule has 148 valence electrons. The van der Waals surface area contributed by atoms with Gasteiger partial charge in [0.05, 0.1) is 30.3 Å². The first-order chi connectivity index (χ1) is 12.7. The van der Waals surface area contributed by atoms with Crippen LogP contribution in [0.1, 0.15) is 33.6 Å². The number of fused-ring (bicyclic) bond motifs is 2. The molecule has 3 aliphatic rings. The molecule has 2 heterocycles. The molecule has 0 amide bonds. The molecule has 2 saturated heterocycles. The highest BCUT2D eigenvalue weighted by atomic mass is 16.6. The van der Waals surface area contributed by atoms with Crippen LogP contribution in [0.5, 0.6) is 0 Å². The van der Waals surface area contributed by atoms with Gasteiger partial charge >= 0.3 is 11.9 Å². The number of hydrogen-bond acceptors (Lipinski definition) is 7. The summed E-state index contributed by atoms with van der Waals surface area (Å²) in [6.07, 6.45) is 1.27. The SMILES string of the molecule is C=C1C(=O)OC2/C=C(/CO)C(O)CC3OC3(C)CC(OC(=O)/C(C)=C\C)C12. The minimum absolute atomic E-state index is 0.209. The van der Waals surface area contributed by atoms with Crippen molar-refractivity contribution < 1.29 is 34.0 Å². The molecule has 6 atom stereocenters. The first-order valence-electron chi connectivity index (χ1n) is 9.11. The monoisotopic (exact) mass is 378 g/mol. The number of allylic oxidation sites excluding steroid dienone is 1. The van der Waals surface area contributed by atoms with Gasteiger partial charge in [-0.15, -0.1) is 0 Å². The number of carbonyl (C=O) groups excluding carboxylic acids is 2. The number of esters is 2. The van der Waals surface area contributed by atoms with Gasteiger partial charge in [-0.3, -0.25) is 0 Å². The van der Waals surface area contributed by atoms with E-state index in [0.29, 0.717) is 24.0 Å². The van der Waals surface area contributed by atoms with E-state index in [1.807, 2.05) is 6.92 Å². The van der Waals surface area contributed by atoms with Crippen molar-refractivity contribution in [2.75, 3.05) is 6.61 Å². The first-order valence-corrected chi connectivity index (χ1v) is 9.11. The number of epoxide rings is 1. The van der Waals surface area contributed by atoms with Crippen LogP contribution in [-0.2, 0) is 23.8 Å². The van der Waals surface area contributed by atoms with Crippen molar-refractivity contribution in [1.29, 1.82) is 0 Å². The topological polar surface area (TPSA) is 106 Å². The normalized spacial score (nSPS) is 41.0. The largest absolute Gasteiger partial charge is 0.458 e. The summed E-state index contributed by atoms with van der Waals surface area (Å²) in [5, 5.41) is 20.1. The zero-order valence-corrected chi connectivity index (χ0v) is 15.8. The fraction of sp³-hybridized carbons (Fsp3) is 0.600. The lowest BCUT2D eigenvalue weighted by Gasteiger charge is -2.29. The first kappa shape index (κ1) is 19.8. The van der Waals surface area contributed by atoms with E-state index in [-0.39, 0.29) is 18.3 Å². The van der Waals surface area contributed by atoms with Crippen LogP contribution >= 0.6 is 0 Å². The molecule has 0 aromatic rings. The second kappa shape index (κ2) is 7.22. The molecule has 27 heavy (non-hydrogen) atoms. The summed E-state index contributed by atoms with van der Waals surface area (Å²) in [6, 6.07) is 0. The van der Waals surface area contributed by atoms with E-state index in [4.69, 9.17) is 14.2 Å². The Morgan fingerprint density at radius 3 is 2.85 bits per heavy atom. The average Bonchev–Trinajstić information content (AvgIpc) is 3.15. The third-order valence-electron chi connectivity index (χ3n) is 5.74. The molecular formula is C20H26O7. The fourth-order valence-corrected chi connectivity index (χ4v) is 3.77. The minimum atomic E-state index is -0.903. The van der Waals surface area contributed by atoms with Gasteiger partial charge in [0, 0.05) is 24.0 Å². The van der Waals surface area contributed by atoms with Gasteiger partial charge in [-0.05, 0) is 32.4 Å². The molecule has 7 heteroatoms. The quantitative estimate of drug-likeness (QED) is 0.329. The van der Waals surface area contributed by atoms with E-state index in [0.717, 1.165) is 0 Å². The van der Waals surface area contributed by atoms with Gasteiger partial charge < -0.3 is 24.4 Å². The van der Waals surface area contributed by atoms with Gasteiger partial charge in [-0.2, -0.15) is 0 Å². The van der Waals surface area contributed by atoms with Gasteiger partial charge in [0.1, 0.15) is 12.2 Å². The molecule has 0 saturated carbocycles. The van der Waals surface area contributed by atoms with Crippen molar-refractivity contribution in [3.8, 4) is 0 Å². The Balaban J connectivity index is 2.00.